The summed E-state index contributed by atoms with van der Waals surface area (Å²) in [6, 6.07) is 29.8. The van der Waals surface area contributed by atoms with E-state index in [4.69, 9.17) is 23.7 Å². The number of hydrogen-bond donors (Lipinski definition) is 1. The minimum atomic E-state index is -1.10. The molecule has 3 aromatic rings. The lowest BCUT2D eigenvalue weighted by atomic mass is 9.80. The van der Waals surface area contributed by atoms with Gasteiger partial charge >= 0.3 is 5.97 Å². The summed E-state index contributed by atoms with van der Waals surface area (Å²) in [6.45, 7) is 4.78. The van der Waals surface area contributed by atoms with Crippen LogP contribution in [0, 0.1) is 0 Å². The van der Waals surface area contributed by atoms with E-state index in [0.717, 1.165) is 16.7 Å². The van der Waals surface area contributed by atoms with Gasteiger partial charge in [0, 0.05) is 6.92 Å². The molecule has 194 valence electrons. The minimum absolute atomic E-state index is 0.0802. The van der Waals surface area contributed by atoms with Gasteiger partial charge < -0.3 is 28.8 Å². The van der Waals surface area contributed by atoms with E-state index < -0.39 is 48.1 Å². The molecule has 2 aliphatic rings. The molecule has 37 heavy (non-hydrogen) atoms. The molecule has 0 aromatic heterocycles. The van der Waals surface area contributed by atoms with Gasteiger partial charge in [-0.1, -0.05) is 91.0 Å². The molecule has 0 radical (unpaired) electrons. The summed E-state index contributed by atoms with van der Waals surface area (Å²) in [6.07, 6.45) is -4.18. The van der Waals surface area contributed by atoms with Gasteiger partial charge in [0.05, 0.1) is 6.61 Å². The molecule has 0 aliphatic carbocycles. The zero-order valence-electron chi connectivity index (χ0n) is 21.2. The summed E-state index contributed by atoms with van der Waals surface area (Å²) < 4.78 is 30.0. The van der Waals surface area contributed by atoms with Crippen molar-refractivity contribution < 1.29 is 33.6 Å². The van der Waals surface area contributed by atoms with Crippen molar-refractivity contribution in [3.05, 3.63) is 108 Å². The molecular formula is C30H32O7. The van der Waals surface area contributed by atoms with E-state index in [-0.39, 0.29) is 6.61 Å². The summed E-state index contributed by atoms with van der Waals surface area (Å²) >= 11 is 0. The topological polar surface area (TPSA) is 83.5 Å². The highest BCUT2D eigenvalue weighted by Crippen LogP contribution is 2.43. The van der Waals surface area contributed by atoms with Crippen LogP contribution < -0.4 is 0 Å². The third-order valence-corrected chi connectivity index (χ3v) is 6.72. The molecular weight excluding hydrogens is 472 g/mol. The molecule has 7 nitrogen and oxygen atoms in total. The van der Waals surface area contributed by atoms with Crippen LogP contribution in [0.5, 0.6) is 0 Å². The van der Waals surface area contributed by atoms with Crippen LogP contribution in [0.3, 0.4) is 0 Å². The molecule has 5 atom stereocenters. The van der Waals surface area contributed by atoms with E-state index in [9.17, 15) is 9.90 Å². The highest BCUT2D eigenvalue weighted by atomic mass is 16.8. The van der Waals surface area contributed by atoms with Gasteiger partial charge in [-0.25, -0.2) is 0 Å². The molecule has 0 spiro atoms. The minimum Gasteiger partial charge on any atom is -0.433 e. The van der Waals surface area contributed by atoms with Crippen LogP contribution in [-0.2, 0) is 34.1 Å². The van der Waals surface area contributed by atoms with Crippen molar-refractivity contribution in [1.82, 2.24) is 0 Å². The fourth-order valence-corrected chi connectivity index (χ4v) is 5.23. The van der Waals surface area contributed by atoms with E-state index in [0.29, 0.717) is 0 Å². The van der Waals surface area contributed by atoms with E-state index in [1.807, 2.05) is 91.0 Å². The molecule has 2 heterocycles. The number of aliphatic hydroxyl groups excluding tert-OH is 1. The first kappa shape index (κ1) is 25.6. The second kappa shape index (κ2) is 10.4. The predicted molar refractivity (Wildman–Crippen MR) is 135 cm³/mol. The largest absolute Gasteiger partial charge is 0.433 e. The highest BCUT2D eigenvalue weighted by Gasteiger charge is 2.58. The summed E-state index contributed by atoms with van der Waals surface area (Å²) in [5, 5.41) is 11.4. The number of carbonyl (C=O) groups excluding carboxylic acids is 1. The number of ether oxygens (including phenoxy) is 5. The molecule has 3 aromatic carbocycles. The van der Waals surface area contributed by atoms with Gasteiger partial charge in [0.15, 0.2) is 11.9 Å². The first-order valence-electron chi connectivity index (χ1n) is 12.5. The third kappa shape index (κ3) is 5.06. The zero-order valence-corrected chi connectivity index (χ0v) is 21.2. The van der Waals surface area contributed by atoms with E-state index in [1.54, 1.807) is 13.8 Å². The van der Waals surface area contributed by atoms with Crippen LogP contribution in [0.15, 0.2) is 91.0 Å². The number of carbonyl (C=O) groups is 1. The number of esters is 1. The first-order valence-corrected chi connectivity index (χ1v) is 12.5. The average molecular weight is 505 g/mol. The van der Waals surface area contributed by atoms with Gasteiger partial charge in [0.25, 0.3) is 0 Å². The Balaban J connectivity index is 1.48. The normalized spacial score (nSPS) is 25.4. The number of aliphatic hydroxyl groups is 1. The molecule has 2 fully saturated rings. The molecule has 1 N–H and O–H groups in total. The summed E-state index contributed by atoms with van der Waals surface area (Å²) in [4.78, 5) is 11.7. The Morgan fingerprint density at radius 2 is 1.32 bits per heavy atom. The standard InChI is InChI=1S/C30H32O7/c1-20(31)34-28-27-26(36-29(2,3)37-27)25(35-28)24(32)19-33-30(21-13-7-4-8-14-21,22-15-9-5-10-16-22)23-17-11-6-12-18-23/h4-18,24-28,32H,19H2,1-3H3/t24-,25+,26-,27-,28-/m0/s1. The van der Waals surface area contributed by atoms with Gasteiger partial charge in [-0.15, -0.1) is 0 Å². The lowest BCUT2D eigenvalue weighted by Gasteiger charge is -2.37. The Hall–Kier alpha value is -3.07. The Labute approximate surface area is 216 Å². The van der Waals surface area contributed by atoms with Gasteiger partial charge in [-0.2, -0.15) is 0 Å². The van der Waals surface area contributed by atoms with E-state index in [2.05, 4.69) is 0 Å². The molecule has 2 aliphatic heterocycles. The van der Waals surface area contributed by atoms with Gasteiger partial charge in [-0.05, 0) is 30.5 Å². The maximum absolute atomic E-state index is 11.7. The van der Waals surface area contributed by atoms with Gasteiger partial charge in [0.1, 0.15) is 23.9 Å². The predicted octanol–water partition coefficient (Wildman–Crippen LogP) is 4.16. The van der Waals surface area contributed by atoms with Crippen molar-refractivity contribution in [2.75, 3.05) is 6.61 Å². The van der Waals surface area contributed by atoms with Crippen LogP contribution in [0.1, 0.15) is 37.5 Å². The van der Waals surface area contributed by atoms with Crippen LogP contribution in [0.25, 0.3) is 0 Å². The van der Waals surface area contributed by atoms with Crippen molar-refractivity contribution >= 4 is 5.97 Å². The maximum atomic E-state index is 11.7. The second-order valence-corrected chi connectivity index (χ2v) is 9.80. The number of hydrogen-bond acceptors (Lipinski definition) is 7. The van der Waals surface area contributed by atoms with Crippen LogP contribution in [0.4, 0.5) is 0 Å². The lowest BCUT2D eigenvalue weighted by Crippen LogP contribution is -2.44. The van der Waals surface area contributed by atoms with Crippen LogP contribution in [0.2, 0.25) is 0 Å². The Morgan fingerprint density at radius 3 is 1.78 bits per heavy atom. The van der Waals surface area contributed by atoms with Crippen molar-refractivity contribution in [2.24, 2.45) is 0 Å². The van der Waals surface area contributed by atoms with Gasteiger partial charge in [0.2, 0.25) is 6.29 Å². The van der Waals surface area contributed by atoms with E-state index in [1.165, 1.54) is 6.92 Å². The Bertz CT molecular complexity index is 1090. The van der Waals surface area contributed by atoms with Crippen molar-refractivity contribution in [3.8, 4) is 0 Å². The molecule has 5 rings (SSSR count). The quantitative estimate of drug-likeness (QED) is 0.364. The van der Waals surface area contributed by atoms with E-state index >= 15 is 0 Å². The first-order chi connectivity index (χ1) is 17.8. The third-order valence-electron chi connectivity index (χ3n) is 6.72. The van der Waals surface area contributed by atoms with Crippen molar-refractivity contribution in [3.63, 3.8) is 0 Å². The van der Waals surface area contributed by atoms with Crippen molar-refractivity contribution in [2.45, 2.75) is 62.9 Å². The highest BCUT2D eigenvalue weighted by molar-refractivity contribution is 5.66. The molecule has 0 amide bonds. The second-order valence-electron chi connectivity index (χ2n) is 9.80. The Kier molecular flexibility index (Phi) is 7.16. The maximum Gasteiger partial charge on any atom is 0.305 e. The SMILES string of the molecule is CC(=O)O[C@H]1O[C@H]([C@@H](O)COC(c2ccccc2)(c2ccccc2)c2ccccc2)[C@@H]2OC(C)(C)O[C@H]12. The van der Waals surface area contributed by atoms with Gasteiger partial charge in [-0.3, -0.25) is 4.79 Å². The smallest absolute Gasteiger partial charge is 0.305 e. The Morgan fingerprint density at radius 1 is 0.865 bits per heavy atom. The van der Waals surface area contributed by atoms with Crippen molar-refractivity contribution in [1.29, 1.82) is 0 Å². The number of rotatable bonds is 8. The molecule has 0 unspecified atom stereocenters. The zero-order chi connectivity index (χ0) is 26.0. The number of benzene rings is 3. The summed E-state index contributed by atoms with van der Waals surface area (Å²) in [7, 11) is 0. The van der Waals surface area contributed by atoms with Crippen LogP contribution in [-0.4, -0.2) is 54.2 Å². The fourth-order valence-electron chi connectivity index (χ4n) is 5.23. The lowest BCUT2D eigenvalue weighted by molar-refractivity contribution is -0.242. The summed E-state index contributed by atoms with van der Waals surface area (Å²) in [5.74, 6) is -1.40. The molecule has 2 saturated heterocycles. The molecule has 7 heteroatoms. The number of fused-ring (bicyclic) bond motifs is 1. The summed E-state index contributed by atoms with van der Waals surface area (Å²) in [5.41, 5.74) is 1.77. The molecule has 0 bridgehead atoms. The monoisotopic (exact) mass is 504 g/mol. The van der Waals surface area contributed by atoms with Crippen LogP contribution >= 0.6 is 0 Å². The average Bonchev–Trinajstić information content (AvgIpc) is 3.39. The molecule has 0 saturated carbocycles. The fraction of sp³-hybridized carbons (Fsp3) is 0.367.